The maximum Gasteiger partial charge on any atom is 0.347 e. The summed E-state index contributed by atoms with van der Waals surface area (Å²) in [7, 11) is -2.43. The summed E-state index contributed by atoms with van der Waals surface area (Å²) >= 11 is 0. The number of nitrogens with zero attached hydrogens (tertiary/aromatic N) is 1. The van der Waals surface area contributed by atoms with E-state index in [1.807, 2.05) is 0 Å². The summed E-state index contributed by atoms with van der Waals surface area (Å²) in [5.41, 5.74) is -0.0345. The monoisotopic (exact) mass is 356 g/mol. The van der Waals surface area contributed by atoms with E-state index < -0.39 is 15.6 Å². The Morgan fingerprint density at radius 1 is 1.12 bits per heavy atom. The van der Waals surface area contributed by atoms with Crippen LogP contribution < -0.4 is 15.7 Å². The molecule has 0 atom stereocenters. The van der Waals surface area contributed by atoms with Gasteiger partial charge >= 0.3 is 5.63 Å². The zero-order valence-electron chi connectivity index (χ0n) is 13.0. The zero-order valence-corrected chi connectivity index (χ0v) is 13.8. The van der Waals surface area contributed by atoms with Crippen molar-refractivity contribution in [3.63, 3.8) is 0 Å². The number of benzene rings is 2. The number of hydrogen-bond acceptors (Lipinski definition) is 6. The van der Waals surface area contributed by atoms with E-state index in [0.29, 0.717) is 22.4 Å². The topological polar surface area (TPSA) is 98.0 Å². The minimum absolute atomic E-state index is 0.0267. The van der Waals surface area contributed by atoms with Crippen molar-refractivity contribution in [1.82, 2.24) is 0 Å². The highest BCUT2D eigenvalue weighted by atomic mass is 32.2. The van der Waals surface area contributed by atoms with Gasteiger partial charge in [-0.25, -0.2) is 4.79 Å². The number of amidine groups is 1. The summed E-state index contributed by atoms with van der Waals surface area (Å²) in [6.45, 7) is 0. The number of rotatable bonds is 2. The first kappa shape index (κ1) is 15.4. The molecule has 25 heavy (non-hydrogen) atoms. The molecule has 0 bridgehead atoms. The summed E-state index contributed by atoms with van der Waals surface area (Å²) in [6, 6.07) is 13.0. The Morgan fingerprint density at radius 3 is 2.72 bits per heavy atom. The molecule has 0 unspecified atom stereocenters. The van der Waals surface area contributed by atoms with E-state index in [9.17, 15) is 13.2 Å². The third kappa shape index (κ3) is 2.47. The number of ether oxygens (including phenoxy) is 1. The first-order chi connectivity index (χ1) is 12.0. The van der Waals surface area contributed by atoms with Crippen molar-refractivity contribution in [2.75, 3.05) is 12.4 Å². The van der Waals surface area contributed by atoms with Gasteiger partial charge in [-0.15, -0.1) is 4.40 Å². The Balaban J connectivity index is 1.93. The van der Waals surface area contributed by atoms with Gasteiger partial charge in [0.05, 0.1) is 12.8 Å². The number of methoxy groups -OCH3 is 1. The lowest BCUT2D eigenvalue weighted by Gasteiger charge is -2.17. The largest absolute Gasteiger partial charge is 0.493 e. The molecule has 1 aliphatic rings. The second kappa shape index (κ2) is 5.45. The molecule has 3 aromatic rings. The zero-order chi connectivity index (χ0) is 17.6. The second-order valence-electron chi connectivity index (χ2n) is 5.36. The smallest absolute Gasteiger partial charge is 0.347 e. The average Bonchev–Trinajstić information content (AvgIpc) is 2.60. The molecule has 7 nitrogen and oxygen atoms in total. The van der Waals surface area contributed by atoms with Crippen LogP contribution >= 0.6 is 0 Å². The van der Waals surface area contributed by atoms with Gasteiger partial charge in [-0.2, -0.15) is 8.42 Å². The van der Waals surface area contributed by atoms with Crippen molar-refractivity contribution >= 4 is 32.5 Å². The predicted octanol–water partition coefficient (Wildman–Crippen LogP) is 2.36. The Kier molecular flexibility index (Phi) is 3.36. The highest BCUT2D eigenvalue weighted by molar-refractivity contribution is 7.90. The fourth-order valence-corrected chi connectivity index (χ4v) is 3.80. The fourth-order valence-electron chi connectivity index (χ4n) is 2.67. The first-order valence-electron chi connectivity index (χ1n) is 7.32. The molecular formula is C17H12N2O5S. The molecule has 2 heterocycles. The molecule has 0 radical (unpaired) electrons. The maximum atomic E-state index is 12.4. The molecule has 1 aliphatic heterocycles. The molecule has 0 amide bonds. The van der Waals surface area contributed by atoms with Crippen LogP contribution in [0.2, 0.25) is 0 Å². The molecule has 2 aromatic carbocycles. The third-order valence-electron chi connectivity index (χ3n) is 3.83. The quantitative estimate of drug-likeness (QED) is 0.708. The van der Waals surface area contributed by atoms with Crippen LogP contribution in [-0.4, -0.2) is 21.4 Å². The van der Waals surface area contributed by atoms with Gasteiger partial charge < -0.3 is 14.5 Å². The Bertz CT molecular complexity index is 1200. The number of para-hydroxylation sites is 2. The minimum Gasteiger partial charge on any atom is -0.493 e. The molecule has 4 rings (SSSR count). The number of anilines is 1. The van der Waals surface area contributed by atoms with Crippen molar-refractivity contribution in [3.8, 4) is 5.75 Å². The summed E-state index contributed by atoms with van der Waals surface area (Å²) < 4.78 is 38.9. The van der Waals surface area contributed by atoms with Crippen LogP contribution in [0, 0.1) is 0 Å². The van der Waals surface area contributed by atoms with Crippen molar-refractivity contribution in [2.24, 2.45) is 4.40 Å². The van der Waals surface area contributed by atoms with Gasteiger partial charge in [0, 0.05) is 5.39 Å². The van der Waals surface area contributed by atoms with Crippen LogP contribution in [0.4, 0.5) is 5.69 Å². The maximum absolute atomic E-state index is 12.4. The summed E-state index contributed by atoms with van der Waals surface area (Å²) in [5.74, 6) is 0.342. The lowest BCUT2D eigenvalue weighted by Crippen LogP contribution is -2.27. The van der Waals surface area contributed by atoms with Gasteiger partial charge in [-0.3, -0.25) is 0 Å². The van der Waals surface area contributed by atoms with Crippen LogP contribution in [0.5, 0.6) is 5.75 Å². The number of nitrogens with one attached hydrogen (secondary N) is 1. The van der Waals surface area contributed by atoms with Crippen LogP contribution in [-0.2, 0) is 10.0 Å². The van der Waals surface area contributed by atoms with E-state index >= 15 is 0 Å². The van der Waals surface area contributed by atoms with Crippen LogP contribution in [0.3, 0.4) is 0 Å². The van der Waals surface area contributed by atoms with Gasteiger partial charge in [0.25, 0.3) is 10.0 Å². The van der Waals surface area contributed by atoms with E-state index in [-0.39, 0.29) is 16.3 Å². The van der Waals surface area contributed by atoms with Crippen molar-refractivity contribution < 1.29 is 17.6 Å². The van der Waals surface area contributed by atoms with Crippen molar-refractivity contribution in [3.05, 3.63) is 64.5 Å². The third-order valence-corrected chi connectivity index (χ3v) is 5.16. The normalized spacial score (nSPS) is 15.2. The summed E-state index contributed by atoms with van der Waals surface area (Å²) in [5, 5.41) is 3.47. The Morgan fingerprint density at radius 2 is 1.92 bits per heavy atom. The SMILES string of the molecule is COc1cccc2cc(C3=NS(=O)(=O)c4ccccc4N3)c(=O)oc12. The summed E-state index contributed by atoms with van der Waals surface area (Å²) in [6.07, 6.45) is 0. The Hall–Kier alpha value is -3.13. The average molecular weight is 356 g/mol. The number of fused-ring (bicyclic) bond motifs is 2. The molecule has 0 spiro atoms. The van der Waals surface area contributed by atoms with Gasteiger partial charge in [-0.1, -0.05) is 24.3 Å². The van der Waals surface area contributed by atoms with Crippen LogP contribution in [0.25, 0.3) is 11.0 Å². The highest BCUT2D eigenvalue weighted by Crippen LogP contribution is 2.29. The molecule has 1 N–H and O–H groups in total. The van der Waals surface area contributed by atoms with Crippen LogP contribution in [0.15, 0.2) is 67.0 Å². The van der Waals surface area contributed by atoms with E-state index in [1.165, 1.54) is 19.2 Å². The van der Waals surface area contributed by atoms with E-state index in [0.717, 1.165) is 0 Å². The number of sulfonamides is 1. The van der Waals surface area contributed by atoms with Crippen molar-refractivity contribution in [2.45, 2.75) is 4.90 Å². The molecule has 8 heteroatoms. The summed E-state index contributed by atoms with van der Waals surface area (Å²) in [4.78, 5) is 12.4. The van der Waals surface area contributed by atoms with Gasteiger partial charge in [-0.05, 0) is 24.3 Å². The molecule has 0 fully saturated rings. The highest BCUT2D eigenvalue weighted by Gasteiger charge is 2.27. The van der Waals surface area contributed by atoms with E-state index in [4.69, 9.17) is 9.15 Å². The van der Waals surface area contributed by atoms with Crippen molar-refractivity contribution in [1.29, 1.82) is 0 Å². The lowest BCUT2D eigenvalue weighted by molar-refractivity contribution is 0.406. The first-order valence-corrected chi connectivity index (χ1v) is 8.76. The van der Waals surface area contributed by atoms with Gasteiger partial charge in [0.15, 0.2) is 17.2 Å². The second-order valence-corrected chi connectivity index (χ2v) is 6.93. The molecule has 0 aliphatic carbocycles. The van der Waals surface area contributed by atoms with Crippen LogP contribution in [0.1, 0.15) is 5.56 Å². The van der Waals surface area contributed by atoms with Gasteiger partial charge in [0.2, 0.25) is 0 Å². The van der Waals surface area contributed by atoms with E-state index in [1.54, 1.807) is 36.4 Å². The lowest BCUT2D eigenvalue weighted by atomic mass is 10.1. The van der Waals surface area contributed by atoms with E-state index in [2.05, 4.69) is 9.71 Å². The molecular weight excluding hydrogens is 344 g/mol. The predicted molar refractivity (Wildman–Crippen MR) is 92.8 cm³/mol. The molecule has 1 aromatic heterocycles. The number of hydrogen-bond donors (Lipinski definition) is 1. The van der Waals surface area contributed by atoms with Gasteiger partial charge in [0.1, 0.15) is 10.5 Å². The molecule has 126 valence electrons. The standard InChI is InChI=1S/C17H12N2O5S/c1-23-13-7-4-5-10-9-11(17(20)24-15(10)13)16-18-12-6-2-3-8-14(12)25(21,22)19-16/h2-9H,1H3,(H,18,19). The fraction of sp³-hybridized carbons (Fsp3) is 0.0588. The molecule has 0 saturated heterocycles. The molecule has 0 saturated carbocycles. The minimum atomic E-state index is -3.90. The Labute approximate surface area is 142 Å².